The predicted octanol–water partition coefficient (Wildman–Crippen LogP) is 3.90. The molecule has 7 nitrogen and oxygen atoms in total. The smallest absolute Gasteiger partial charge is 0.191 e. The van der Waals surface area contributed by atoms with Gasteiger partial charge in [0.2, 0.25) is 0 Å². The Labute approximate surface area is 186 Å². The molecule has 0 saturated carbocycles. The van der Waals surface area contributed by atoms with Gasteiger partial charge in [0.05, 0.1) is 15.7 Å². The highest BCUT2D eigenvalue weighted by atomic mass is 127. The van der Waals surface area contributed by atoms with Crippen LogP contribution in [0, 0.1) is 0 Å². The quantitative estimate of drug-likeness (QED) is 0.209. The number of rotatable bonds is 8. The van der Waals surface area contributed by atoms with Crippen molar-refractivity contribution in [2.75, 3.05) is 25.5 Å². The molecule has 2 aromatic heterocycles. The van der Waals surface area contributed by atoms with Gasteiger partial charge in [0.15, 0.2) is 5.96 Å². The van der Waals surface area contributed by atoms with Crippen molar-refractivity contribution in [2.24, 2.45) is 4.99 Å². The van der Waals surface area contributed by atoms with E-state index in [2.05, 4.69) is 44.9 Å². The summed E-state index contributed by atoms with van der Waals surface area (Å²) in [6.07, 6.45) is 3.21. The van der Waals surface area contributed by atoms with E-state index in [0.717, 1.165) is 29.9 Å². The molecule has 0 saturated heterocycles. The van der Waals surface area contributed by atoms with E-state index in [1.807, 2.05) is 0 Å². The molecule has 0 atom stereocenters. The highest BCUT2D eigenvalue weighted by molar-refractivity contribution is 14.0. The summed E-state index contributed by atoms with van der Waals surface area (Å²) in [5.74, 6) is 2.22. The zero-order chi connectivity index (χ0) is 18.9. The number of halogens is 3. The van der Waals surface area contributed by atoms with Crippen LogP contribution in [-0.4, -0.2) is 36.2 Å². The molecule has 0 radical (unpaired) electrons. The average molecular weight is 527 g/mol. The van der Waals surface area contributed by atoms with E-state index >= 15 is 0 Å². The molecular weight excluding hydrogens is 502 g/mol. The molecule has 0 aliphatic heterocycles. The zero-order valence-corrected chi connectivity index (χ0v) is 19.4. The predicted molar refractivity (Wildman–Crippen MR) is 122 cm³/mol. The van der Waals surface area contributed by atoms with Crippen LogP contribution in [0.5, 0.6) is 0 Å². The molecule has 0 fully saturated rings. The molecule has 150 valence electrons. The number of pyridine rings is 1. The van der Waals surface area contributed by atoms with Crippen LogP contribution in [0.1, 0.15) is 30.9 Å². The third-order valence-corrected chi connectivity index (χ3v) is 4.28. The lowest BCUT2D eigenvalue weighted by Gasteiger charge is -2.13. The number of nitrogens with one attached hydrogen (secondary N) is 3. The number of hydrogen-bond donors (Lipinski definition) is 3. The van der Waals surface area contributed by atoms with E-state index in [9.17, 15) is 0 Å². The summed E-state index contributed by atoms with van der Waals surface area (Å²) in [6.45, 7) is 6.01. The number of aryl methyl sites for hydroxylation is 2. The Bertz CT molecular complexity index is 732. The molecule has 2 rings (SSSR count). The van der Waals surface area contributed by atoms with Gasteiger partial charge < -0.3 is 20.5 Å². The lowest BCUT2D eigenvalue weighted by Crippen LogP contribution is -2.39. The lowest BCUT2D eigenvalue weighted by molar-refractivity contribution is 0.380. The van der Waals surface area contributed by atoms with Gasteiger partial charge >= 0.3 is 0 Å². The van der Waals surface area contributed by atoms with E-state index in [4.69, 9.17) is 27.7 Å². The van der Waals surface area contributed by atoms with Crippen molar-refractivity contribution in [2.45, 2.75) is 33.2 Å². The molecule has 2 aromatic rings. The maximum Gasteiger partial charge on any atom is 0.191 e. The molecule has 0 spiro atoms. The Hall–Kier alpha value is -1.26. The van der Waals surface area contributed by atoms with Crippen molar-refractivity contribution in [1.82, 2.24) is 20.8 Å². The average Bonchev–Trinajstić information content (AvgIpc) is 3.04. The van der Waals surface area contributed by atoms with Gasteiger partial charge in [-0.3, -0.25) is 4.99 Å². The van der Waals surface area contributed by atoms with E-state index in [-0.39, 0.29) is 24.0 Å². The molecule has 0 aliphatic rings. The van der Waals surface area contributed by atoms with Crippen LogP contribution >= 0.6 is 47.2 Å². The Morgan fingerprint density at radius 1 is 1.19 bits per heavy atom. The summed E-state index contributed by atoms with van der Waals surface area (Å²) in [5.41, 5.74) is 2.09. The SMILES string of the molecule is CCc1noc(CC)c1CNC(=NC)NCCNc1ncc(Cl)cc1Cl.I. The maximum atomic E-state index is 6.08. The molecule has 0 aliphatic carbocycles. The highest BCUT2D eigenvalue weighted by Crippen LogP contribution is 2.22. The molecule has 0 amide bonds. The van der Waals surface area contributed by atoms with Crippen molar-refractivity contribution >= 4 is 59.0 Å². The van der Waals surface area contributed by atoms with Crippen molar-refractivity contribution in [3.63, 3.8) is 0 Å². The van der Waals surface area contributed by atoms with E-state index < -0.39 is 0 Å². The highest BCUT2D eigenvalue weighted by Gasteiger charge is 2.13. The molecule has 2 heterocycles. The summed E-state index contributed by atoms with van der Waals surface area (Å²) in [4.78, 5) is 8.39. The largest absolute Gasteiger partial charge is 0.367 e. The summed E-state index contributed by atoms with van der Waals surface area (Å²) >= 11 is 11.9. The van der Waals surface area contributed by atoms with Crippen LogP contribution in [-0.2, 0) is 19.4 Å². The minimum absolute atomic E-state index is 0. The van der Waals surface area contributed by atoms with E-state index in [0.29, 0.717) is 41.5 Å². The summed E-state index contributed by atoms with van der Waals surface area (Å²) in [5, 5.41) is 14.8. The number of guanidine groups is 1. The van der Waals surface area contributed by atoms with E-state index in [1.54, 1.807) is 19.3 Å². The Morgan fingerprint density at radius 2 is 1.96 bits per heavy atom. The second-order valence-corrected chi connectivity index (χ2v) is 6.35. The van der Waals surface area contributed by atoms with Gasteiger partial charge in [0, 0.05) is 44.9 Å². The fourth-order valence-electron chi connectivity index (χ4n) is 2.44. The topological polar surface area (TPSA) is 87.4 Å². The van der Waals surface area contributed by atoms with Crippen LogP contribution in [0.4, 0.5) is 5.82 Å². The van der Waals surface area contributed by atoms with Crippen LogP contribution in [0.3, 0.4) is 0 Å². The fourth-order valence-corrected chi connectivity index (χ4v) is 2.88. The van der Waals surface area contributed by atoms with Crippen molar-refractivity contribution in [1.29, 1.82) is 0 Å². The van der Waals surface area contributed by atoms with Gasteiger partial charge in [-0.05, 0) is 12.5 Å². The van der Waals surface area contributed by atoms with Crippen LogP contribution in [0.25, 0.3) is 0 Å². The Morgan fingerprint density at radius 3 is 2.59 bits per heavy atom. The van der Waals surface area contributed by atoms with Crippen molar-refractivity contribution < 1.29 is 4.52 Å². The minimum Gasteiger partial charge on any atom is -0.367 e. The van der Waals surface area contributed by atoms with Crippen LogP contribution < -0.4 is 16.0 Å². The lowest BCUT2D eigenvalue weighted by atomic mass is 10.1. The van der Waals surface area contributed by atoms with Crippen LogP contribution in [0.15, 0.2) is 21.8 Å². The molecule has 3 N–H and O–H groups in total. The number of hydrogen-bond acceptors (Lipinski definition) is 5. The number of aliphatic imine (C=N–C) groups is 1. The monoisotopic (exact) mass is 526 g/mol. The summed E-state index contributed by atoms with van der Waals surface area (Å²) in [7, 11) is 1.73. The third-order valence-electron chi connectivity index (χ3n) is 3.78. The van der Waals surface area contributed by atoms with Gasteiger partial charge in [0.1, 0.15) is 11.6 Å². The summed E-state index contributed by atoms with van der Waals surface area (Å²) in [6, 6.07) is 1.65. The minimum atomic E-state index is 0. The molecule has 10 heteroatoms. The Kier molecular flexibility index (Phi) is 10.8. The molecular formula is C17H25Cl2IN6O. The number of nitrogens with zero attached hydrogens (tertiary/aromatic N) is 3. The van der Waals surface area contributed by atoms with Gasteiger partial charge in [-0.15, -0.1) is 24.0 Å². The molecule has 0 aromatic carbocycles. The first-order valence-corrected chi connectivity index (χ1v) is 9.30. The molecule has 0 unspecified atom stereocenters. The van der Waals surface area contributed by atoms with Gasteiger partial charge in [-0.25, -0.2) is 4.98 Å². The molecule has 27 heavy (non-hydrogen) atoms. The first-order chi connectivity index (χ1) is 12.6. The second-order valence-electron chi connectivity index (χ2n) is 5.50. The first-order valence-electron chi connectivity index (χ1n) is 8.54. The first kappa shape index (κ1) is 23.8. The number of anilines is 1. The standard InChI is InChI=1S/C17H24Cl2N6O.HI/c1-4-14-12(15(5-2)26-25-14)10-24-17(20-3)22-7-6-21-16-13(19)8-11(18)9-23-16;/h8-9H,4-7,10H2,1-3H3,(H,21,23)(H2,20,22,24);1H. The Balaban J connectivity index is 0.00000364. The molecule has 0 bridgehead atoms. The van der Waals surface area contributed by atoms with Crippen LogP contribution in [0.2, 0.25) is 10.0 Å². The third kappa shape index (κ3) is 7.00. The normalized spacial score (nSPS) is 11.1. The zero-order valence-electron chi connectivity index (χ0n) is 15.6. The number of aromatic nitrogens is 2. The van der Waals surface area contributed by atoms with Gasteiger partial charge in [-0.1, -0.05) is 42.2 Å². The summed E-state index contributed by atoms with van der Waals surface area (Å²) < 4.78 is 5.38. The fraction of sp³-hybridized carbons (Fsp3) is 0.471. The van der Waals surface area contributed by atoms with Crippen molar-refractivity contribution in [3.8, 4) is 0 Å². The van der Waals surface area contributed by atoms with Gasteiger partial charge in [0.25, 0.3) is 0 Å². The van der Waals surface area contributed by atoms with Crippen molar-refractivity contribution in [3.05, 3.63) is 39.3 Å². The van der Waals surface area contributed by atoms with E-state index in [1.165, 1.54) is 0 Å². The maximum absolute atomic E-state index is 6.08. The van der Waals surface area contributed by atoms with Gasteiger partial charge in [-0.2, -0.15) is 0 Å². The second kappa shape index (κ2) is 12.2.